The van der Waals surface area contributed by atoms with Crippen LogP contribution in [0.4, 0.5) is 0 Å². The number of furan rings is 1. The lowest BCUT2D eigenvalue weighted by Gasteiger charge is -2.57. The van der Waals surface area contributed by atoms with E-state index in [2.05, 4.69) is 22.1 Å². The SMILES string of the molecule is [2H]C([2H])(c1ccnc(-c2cccc3c2oc2nc(C)ccc23)c1)C12CC3CC(CC(C3)C1)C2. The summed E-state index contributed by atoms with van der Waals surface area (Å²) in [6, 6.07) is 14.0. The highest BCUT2D eigenvalue weighted by molar-refractivity contribution is 6.08. The van der Waals surface area contributed by atoms with Crippen molar-refractivity contribution in [3.05, 3.63) is 59.9 Å². The van der Waals surface area contributed by atoms with Crippen molar-refractivity contribution in [2.75, 3.05) is 0 Å². The van der Waals surface area contributed by atoms with E-state index >= 15 is 0 Å². The highest BCUT2D eigenvalue weighted by atomic mass is 16.3. The lowest BCUT2D eigenvalue weighted by Crippen LogP contribution is -2.47. The molecule has 0 radical (unpaired) electrons. The van der Waals surface area contributed by atoms with Crippen LogP contribution in [0.1, 0.15) is 52.5 Å². The molecule has 0 amide bonds. The van der Waals surface area contributed by atoms with Gasteiger partial charge in [0.15, 0.2) is 0 Å². The zero-order valence-corrected chi connectivity index (χ0v) is 17.9. The summed E-state index contributed by atoms with van der Waals surface area (Å²) in [6.45, 7) is 1.96. The number of nitrogens with zero attached hydrogens (tertiary/aromatic N) is 2. The summed E-state index contributed by atoms with van der Waals surface area (Å²) in [5, 5.41) is 2.02. The van der Waals surface area contributed by atoms with Gasteiger partial charge in [-0.15, -0.1) is 0 Å². The first kappa shape index (κ1) is 16.0. The van der Waals surface area contributed by atoms with E-state index in [-0.39, 0.29) is 5.41 Å². The lowest BCUT2D eigenvalue weighted by molar-refractivity contribution is -0.0521. The molecule has 1 aromatic carbocycles. The number of rotatable bonds is 3. The van der Waals surface area contributed by atoms with Crippen molar-refractivity contribution in [2.45, 2.75) is 51.8 Å². The molecular formula is C28H28N2O. The van der Waals surface area contributed by atoms with Gasteiger partial charge in [-0.1, -0.05) is 12.1 Å². The molecule has 156 valence electrons. The Hall–Kier alpha value is -2.68. The van der Waals surface area contributed by atoms with Crippen molar-refractivity contribution in [3.8, 4) is 11.3 Å². The minimum absolute atomic E-state index is 0.229. The number of hydrogen-bond donors (Lipinski definition) is 0. The molecule has 31 heavy (non-hydrogen) atoms. The topological polar surface area (TPSA) is 38.9 Å². The van der Waals surface area contributed by atoms with E-state index in [4.69, 9.17) is 4.42 Å². The van der Waals surface area contributed by atoms with E-state index in [9.17, 15) is 2.74 Å². The van der Waals surface area contributed by atoms with Crippen molar-refractivity contribution in [1.82, 2.24) is 9.97 Å². The van der Waals surface area contributed by atoms with Crippen LogP contribution in [0, 0.1) is 30.1 Å². The van der Waals surface area contributed by atoms with Crippen molar-refractivity contribution >= 4 is 22.1 Å². The molecule has 4 aromatic rings. The molecule has 0 saturated heterocycles. The van der Waals surface area contributed by atoms with Crippen LogP contribution in [0.3, 0.4) is 0 Å². The summed E-state index contributed by atoms with van der Waals surface area (Å²) in [7, 11) is 0. The molecule has 4 fully saturated rings. The summed E-state index contributed by atoms with van der Waals surface area (Å²) in [4.78, 5) is 9.22. The Morgan fingerprint density at radius 3 is 2.55 bits per heavy atom. The van der Waals surface area contributed by atoms with Crippen molar-refractivity contribution in [1.29, 1.82) is 0 Å². The minimum atomic E-state index is -1.36. The maximum absolute atomic E-state index is 9.38. The van der Waals surface area contributed by atoms with Crippen LogP contribution in [0.25, 0.3) is 33.3 Å². The van der Waals surface area contributed by atoms with E-state index in [1.165, 1.54) is 19.3 Å². The van der Waals surface area contributed by atoms with E-state index in [0.717, 1.165) is 58.1 Å². The standard InChI is InChI=1S/C28H28N2O/c1-17-5-6-23-22-3-2-4-24(26(22)31-27(23)30-17)25-12-18(7-8-29-25)13-28-14-19-9-20(15-28)11-21(10-19)16-28/h2-8,12,19-21H,9-11,13-16H2,1H3/i13D2. The number of para-hydroxylation sites is 1. The van der Waals surface area contributed by atoms with Crippen molar-refractivity contribution in [3.63, 3.8) is 0 Å². The molecule has 0 spiro atoms. The van der Waals surface area contributed by atoms with Gasteiger partial charge in [0.2, 0.25) is 5.71 Å². The van der Waals surface area contributed by atoms with Gasteiger partial charge >= 0.3 is 0 Å². The summed E-state index contributed by atoms with van der Waals surface area (Å²) in [5.41, 5.74) is 4.52. The van der Waals surface area contributed by atoms with Gasteiger partial charge < -0.3 is 4.42 Å². The highest BCUT2D eigenvalue weighted by Crippen LogP contribution is 2.61. The maximum Gasteiger partial charge on any atom is 0.227 e. The van der Waals surface area contributed by atoms with Gasteiger partial charge in [-0.25, -0.2) is 4.98 Å². The van der Waals surface area contributed by atoms with Gasteiger partial charge in [-0.3, -0.25) is 4.98 Å². The molecule has 0 aliphatic heterocycles. The number of pyridine rings is 2. The van der Waals surface area contributed by atoms with Gasteiger partial charge in [0, 0.05) is 31.0 Å². The molecular weight excluding hydrogens is 380 g/mol. The third kappa shape index (κ3) is 2.86. The van der Waals surface area contributed by atoms with Gasteiger partial charge in [-0.2, -0.15) is 0 Å². The first-order valence-electron chi connectivity index (χ1n) is 12.7. The Morgan fingerprint density at radius 1 is 1.00 bits per heavy atom. The fraction of sp³-hybridized carbons (Fsp3) is 0.429. The third-order valence-corrected chi connectivity index (χ3v) is 7.99. The summed E-state index contributed by atoms with van der Waals surface area (Å²) in [6.07, 6.45) is 7.47. The molecule has 3 heteroatoms. The predicted octanol–water partition coefficient (Wildman–Crippen LogP) is 7.11. The normalized spacial score (nSPS) is 30.7. The number of fused-ring (bicyclic) bond motifs is 3. The Morgan fingerprint density at radius 2 is 1.77 bits per heavy atom. The smallest absolute Gasteiger partial charge is 0.227 e. The summed E-state index contributed by atoms with van der Waals surface area (Å²) in [5.74, 6) is 2.15. The Bertz CT molecular complexity index is 1370. The van der Waals surface area contributed by atoms with Crippen molar-refractivity contribution < 1.29 is 7.16 Å². The first-order chi connectivity index (χ1) is 15.9. The average molecular weight is 411 g/mol. The molecule has 4 aliphatic carbocycles. The van der Waals surface area contributed by atoms with Crippen LogP contribution in [0.15, 0.2) is 53.1 Å². The van der Waals surface area contributed by atoms with Gasteiger partial charge in [0.1, 0.15) is 5.58 Å². The number of aromatic nitrogens is 2. The Kier molecular flexibility index (Phi) is 3.32. The molecule has 4 saturated carbocycles. The van der Waals surface area contributed by atoms with Crippen LogP contribution in [-0.2, 0) is 6.37 Å². The van der Waals surface area contributed by atoms with Crippen molar-refractivity contribution in [2.24, 2.45) is 23.2 Å². The maximum atomic E-state index is 9.38. The van der Waals surface area contributed by atoms with E-state index in [0.29, 0.717) is 23.5 Å². The molecule has 3 heterocycles. The number of benzene rings is 1. The highest BCUT2D eigenvalue weighted by Gasteiger charge is 2.50. The molecule has 4 bridgehead atoms. The number of hydrogen-bond acceptors (Lipinski definition) is 3. The molecule has 0 unspecified atom stereocenters. The van der Waals surface area contributed by atoms with Gasteiger partial charge in [-0.05, 0) is 111 Å². The second-order valence-electron chi connectivity index (χ2n) is 10.3. The quantitative estimate of drug-likeness (QED) is 0.361. The zero-order valence-electron chi connectivity index (χ0n) is 19.9. The zero-order chi connectivity index (χ0) is 22.4. The average Bonchev–Trinajstić information content (AvgIpc) is 3.16. The Balaban J connectivity index is 1.34. The van der Waals surface area contributed by atoms with Gasteiger partial charge in [0.05, 0.1) is 5.69 Å². The first-order valence-corrected chi connectivity index (χ1v) is 11.7. The van der Waals surface area contributed by atoms with Gasteiger partial charge in [0.25, 0.3) is 0 Å². The molecule has 0 atom stereocenters. The molecule has 0 N–H and O–H groups in total. The monoisotopic (exact) mass is 410 g/mol. The minimum Gasteiger partial charge on any atom is -0.437 e. The molecule has 8 rings (SSSR count). The molecule has 3 nitrogen and oxygen atoms in total. The van der Waals surface area contributed by atoms with E-state index in [1.807, 2.05) is 37.3 Å². The lowest BCUT2D eigenvalue weighted by atomic mass is 9.48. The van der Waals surface area contributed by atoms with Crippen LogP contribution in [-0.4, -0.2) is 9.97 Å². The fourth-order valence-corrected chi connectivity index (χ4v) is 7.20. The van der Waals surface area contributed by atoms with Crippen LogP contribution in [0.2, 0.25) is 0 Å². The van der Waals surface area contributed by atoms with Crippen LogP contribution in [0.5, 0.6) is 0 Å². The van der Waals surface area contributed by atoms with E-state index < -0.39 is 6.37 Å². The Labute approximate surface area is 185 Å². The number of aryl methyl sites for hydroxylation is 1. The van der Waals surface area contributed by atoms with E-state index in [1.54, 1.807) is 6.20 Å². The summed E-state index contributed by atoms with van der Waals surface area (Å²) >= 11 is 0. The second kappa shape index (κ2) is 6.41. The third-order valence-electron chi connectivity index (χ3n) is 7.99. The molecule has 4 aliphatic rings. The summed E-state index contributed by atoms with van der Waals surface area (Å²) < 4.78 is 25.0. The molecule has 3 aromatic heterocycles. The largest absolute Gasteiger partial charge is 0.437 e. The van der Waals surface area contributed by atoms with Crippen LogP contribution < -0.4 is 0 Å². The second-order valence-corrected chi connectivity index (χ2v) is 10.3. The predicted molar refractivity (Wildman–Crippen MR) is 124 cm³/mol. The van der Waals surface area contributed by atoms with Crippen LogP contribution >= 0.6 is 0 Å². The fourth-order valence-electron chi connectivity index (χ4n) is 7.20.